The van der Waals surface area contributed by atoms with Crippen molar-refractivity contribution in [1.82, 2.24) is 15.2 Å². The molecule has 7 heteroatoms. The highest BCUT2D eigenvalue weighted by atomic mass is 16.4. The number of hydrogen-bond acceptors (Lipinski definition) is 4. The standard InChI is InChI=1S/C18H22N4O3/c1-13-10-19-16(25-13)11-20-17(23)14-6-5-9-22(12-14)18(24)21-15-7-3-2-4-8-15/h2-4,7-8,10,14H,5-6,9,11-12H2,1H3,(H,20,23)(H,21,24)/t14-/m0/s1. The number of anilines is 1. The van der Waals surface area contributed by atoms with E-state index < -0.39 is 0 Å². The molecule has 0 saturated carbocycles. The molecule has 0 bridgehead atoms. The fraction of sp³-hybridized carbons (Fsp3) is 0.389. The quantitative estimate of drug-likeness (QED) is 0.894. The molecule has 0 spiro atoms. The number of carbonyl (C=O) groups excluding carboxylic acids is 2. The van der Waals surface area contributed by atoms with Gasteiger partial charge in [0.1, 0.15) is 5.76 Å². The van der Waals surface area contributed by atoms with Crippen LogP contribution in [0.2, 0.25) is 0 Å². The van der Waals surface area contributed by atoms with Gasteiger partial charge in [-0.1, -0.05) is 18.2 Å². The van der Waals surface area contributed by atoms with Gasteiger partial charge in [-0.3, -0.25) is 4.79 Å². The van der Waals surface area contributed by atoms with Gasteiger partial charge in [0.05, 0.1) is 18.7 Å². The third-order valence-corrected chi connectivity index (χ3v) is 4.19. The molecule has 1 aromatic heterocycles. The Labute approximate surface area is 146 Å². The number of benzene rings is 1. The lowest BCUT2D eigenvalue weighted by atomic mass is 9.97. The first-order chi connectivity index (χ1) is 12.1. The van der Waals surface area contributed by atoms with Gasteiger partial charge in [-0.05, 0) is 31.9 Å². The van der Waals surface area contributed by atoms with Crippen LogP contribution in [-0.2, 0) is 11.3 Å². The van der Waals surface area contributed by atoms with Gasteiger partial charge < -0.3 is 20.0 Å². The molecule has 2 N–H and O–H groups in total. The first kappa shape index (κ1) is 17.0. The molecule has 1 fully saturated rings. The average molecular weight is 342 g/mol. The van der Waals surface area contributed by atoms with Crippen LogP contribution in [0.3, 0.4) is 0 Å². The molecule has 3 rings (SSSR count). The van der Waals surface area contributed by atoms with Crippen LogP contribution >= 0.6 is 0 Å². The smallest absolute Gasteiger partial charge is 0.321 e. The van der Waals surface area contributed by atoms with Gasteiger partial charge in [0.15, 0.2) is 0 Å². The molecule has 25 heavy (non-hydrogen) atoms. The van der Waals surface area contributed by atoms with E-state index in [0.717, 1.165) is 18.5 Å². The predicted octanol–water partition coefficient (Wildman–Crippen LogP) is 2.54. The van der Waals surface area contributed by atoms with Crippen LogP contribution in [0.15, 0.2) is 40.9 Å². The van der Waals surface area contributed by atoms with Gasteiger partial charge in [-0.15, -0.1) is 0 Å². The van der Waals surface area contributed by atoms with Crippen LogP contribution in [0.5, 0.6) is 0 Å². The molecule has 1 aromatic carbocycles. The van der Waals surface area contributed by atoms with Crippen molar-refractivity contribution in [3.8, 4) is 0 Å². The van der Waals surface area contributed by atoms with E-state index >= 15 is 0 Å². The van der Waals surface area contributed by atoms with E-state index in [1.165, 1.54) is 0 Å². The molecule has 1 aliphatic heterocycles. The lowest BCUT2D eigenvalue weighted by molar-refractivity contribution is -0.126. The molecule has 2 aromatic rings. The first-order valence-electron chi connectivity index (χ1n) is 8.42. The number of rotatable bonds is 4. The second kappa shape index (κ2) is 7.83. The predicted molar refractivity (Wildman–Crippen MR) is 92.8 cm³/mol. The maximum absolute atomic E-state index is 12.4. The minimum atomic E-state index is -0.216. The SMILES string of the molecule is Cc1cnc(CNC(=O)[C@H]2CCCN(C(=O)Nc3ccccc3)C2)o1. The Hall–Kier alpha value is -2.83. The number of piperidine rings is 1. The number of urea groups is 1. The van der Waals surface area contributed by atoms with Crippen LogP contribution in [0, 0.1) is 12.8 Å². The summed E-state index contributed by atoms with van der Waals surface area (Å²) in [5.74, 6) is 0.908. The van der Waals surface area contributed by atoms with E-state index in [2.05, 4.69) is 15.6 Å². The largest absolute Gasteiger partial charge is 0.444 e. The number of hydrogen-bond donors (Lipinski definition) is 2. The third-order valence-electron chi connectivity index (χ3n) is 4.19. The third kappa shape index (κ3) is 4.59. The van der Waals surface area contributed by atoms with E-state index in [1.54, 1.807) is 11.1 Å². The van der Waals surface area contributed by atoms with E-state index in [9.17, 15) is 9.59 Å². The summed E-state index contributed by atoms with van der Waals surface area (Å²) in [6.07, 6.45) is 3.20. The number of likely N-dealkylation sites (tertiary alicyclic amines) is 1. The Balaban J connectivity index is 1.51. The summed E-state index contributed by atoms with van der Waals surface area (Å²) in [6.45, 7) is 3.14. The van der Waals surface area contributed by atoms with Crippen LogP contribution in [0.4, 0.5) is 10.5 Å². The number of amides is 3. The highest BCUT2D eigenvalue weighted by molar-refractivity contribution is 5.90. The molecule has 0 radical (unpaired) electrons. The van der Waals surface area contributed by atoms with E-state index in [4.69, 9.17) is 4.42 Å². The lowest BCUT2D eigenvalue weighted by Gasteiger charge is -2.32. The summed E-state index contributed by atoms with van der Waals surface area (Å²) >= 11 is 0. The average Bonchev–Trinajstić information content (AvgIpc) is 3.06. The summed E-state index contributed by atoms with van der Waals surface area (Å²) < 4.78 is 5.35. The van der Waals surface area contributed by atoms with Crippen LogP contribution in [-0.4, -0.2) is 34.9 Å². The molecule has 132 valence electrons. The highest BCUT2D eigenvalue weighted by Gasteiger charge is 2.28. The van der Waals surface area contributed by atoms with Gasteiger partial charge in [-0.2, -0.15) is 0 Å². The molecule has 2 heterocycles. The molecular weight excluding hydrogens is 320 g/mol. The number of aryl methyl sites for hydroxylation is 1. The lowest BCUT2D eigenvalue weighted by Crippen LogP contribution is -2.46. The second-order valence-corrected chi connectivity index (χ2v) is 6.16. The van der Waals surface area contributed by atoms with Crippen molar-refractivity contribution in [2.24, 2.45) is 5.92 Å². The summed E-state index contributed by atoms with van der Waals surface area (Å²) in [6, 6.07) is 9.13. The van der Waals surface area contributed by atoms with Crippen molar-refractivity contribution in [2.75, 3.05) is 18.4 Å². The summed E-state index contributed by atoms with van der Waals surface area (Å²) in [5.41, 5.74) is 0.748. The fourth-order valence-corrected chi connectivity index (χ4v) is 2.89. The molecule has 0 aliphatic carbocycles. The zero-order valence-corrected chi connectivity index (χ0v) is 14.2. The maximum atomic E-state index is 12.4. The molecule has 0 unspecified atom stereocenters. The zero-order valence-electron chi connectivity index (χ0n) is 14.2. The molecule has 7 nitrogen and oxygen atoms in total. The van der Waals surface area contributed by atoms with Gasteiger partial charge in [0.2, 0.25) is 11.8 Å². The Morgan fingerprint density at radius 1 is 1.32 bits per heavy atom. The zero-order chi connectivity index (χ0) is 17.6. The molecule has 3 amide bonds. The molecule has 1 aliphatic rings. The van der Waals surface area contributed by atoms with Gasteiger partial charge in [0.25, 0.3) is 0 Å². The second-order valence-electron chi connectivity index (χ2n) is 6.16. The van der Waals surface area contributed by atoms with Crippen molar-refractivity contribution in [3.05, 3.63) is 48.2 Å². The number of para-hydroxylation sites is 1. The van der Waals surface area contributed by atoms with Crippen molar-refractivity contribution < 1.29 is 14.0 Å². The molecule has 1 atom stereocenters. The Kier molecular flexibility index (Phi) is 5.33. The Morgan fingerprint density at radius 3 is 2.84 bits per heavy atom. The van der Waals surface area contributed by atoms with E-state index in [-0.39, 0.29) is 24.4 Å². The fourth-order valence-electron chi connectivity index (χ4n) is 2.89. The number of carbonyl (C=O) groups is 2. The Bertz CT molecular complexity index is 729. The molecule has 1 saturated heterocycles. The maximum Gasteiger partial charge on any atom is 0.321 e. The van der Waals surface area contributed by atoms with Crippen molar-refractivity contribution in [3.63, 3.8) is 0 Å². The van der Waals surface area contributed by atoms with Crippen molar-refractivity contribution in [2.45, 2.75) is 26.3 Å². The number of oxazole rings is 1. The number of aromatic nitrogens is 1. The Morgan fingerprint density at radius 2 is 2.12 bits per heavy atom. The van der Waals surface area contributed by atoms with E-state index in [0.29, 0.717) is 24.7 Å². The summed E-state index contributed by atoms with van der Waals surface area (Å²) in [7, 11) is 0. The minimum absolute atomic E-state index is 0.0759. The topological polar surface area (TPSA) is 87.5 Å². The summed E-state index contributed by atoms with van der Waals surface area (Å²) in [5, 5.41) is 5.70. The minimum Gasteiger partial charge on any atom is -0.444 e. The molecular formula is C18H22N4O3. The van der Waals surface area contributed by atoms with Crippen LogP contribution in [0.25, 0.3) is 0 Å². The monoisotopic (exact) mass is 342 g/mol. The van der Waals surface area contributed by atoms with Gasteiger partial charge >= 0.3 is 6.03 Å². The number of nitrogens with zero attached hydrogens (tertiary/aromatic N) is 2. The van der Waals surface area contributed by atoms with E-state index in [1.807, 2.05) is 37.3 Å². The summed E-state index contributed by atoms with van der Waals surface area (Å²) in [4.78, 5) is 30.5. The van der Waals surface area contributed by atoms with Crippen molar-refractivity contribution >= 4 is 17.6 Å². The first-order valence-corrected chi connectivity index (χ1v) is 8.42. The van der Waals surface area contributed by atoms with Crippen LogP contribution in [0.1, 0.15) is 24.5 Å². The normalized spacial score (nSPS) is 17.2. The highest BCUT2D eigenvalue weighted by Crippen LogP contribution is 2.18. The van der Waals surface area contributed by atoms with Crippen molar-refractivity contribution in [1.29, 1.82) is 0 Å². The van der Waals surface area contributed by atoms with Gasteiger partial charge in [-0.25, -0.2) is 9.78 Å². The van der Waals surface area contributed by atoms with Gasteiger partial charge in [0, 0.05) is 18.8 Å². The van der Waals surface area contributed by atoms with Crippen LogP contribution < -0.4 is 10.6 Å². The number of nitrogens with one attached hydrogen (secondary N) is 2.